The van der Waals surface area contributed by atoms with E-state index in [1.54, 1.807) is 6.92 Å². The first-order valence-electron chi connectivity index (χ1n) is 8.29. The molecule has 1 saturated heterocycles. The third kappa shape index (κ3) is 5.05. The predicted molar refractivity (Wildman–Crippen MR) is 90.0 cm³/mol. The quantitative estimate of drug-likeness (QED) is 0.759. The van der Waals surface area contributed by atoms with E-state index in [0.717, 1.165) is 12.1 Å². The summed E-state index contributed by atoms with van der Waals surface area (Å²) in [7, 11) is -3.70. The number of halogens is 3. The van der Waals surface area contributed by atoms with Gasteiger partial charge in [-0.3, -0.25) is 4.90 Å². The Balaban J connectivity index is 1.60. The van der Waals surface area contributed by atoms with Gasteiger partial charge in [0.1, 0.15) is 0 Å². The lowest BCUT2D eigenvalue weighted by Gasteiger charge is -2.33. The van der Waals surface area contributed by atoms with Crippen LogP contribution in [0.4, 0.5) is 13.2 Å². The van der Waals surface area contributed by atoms with Crippen LogP contribution in [0.25, 0.3) is 0 Å². The van der Waals surface area contributed by atoms with Gasteiger partial charge in [0, 0.05) is 33.1 Å². The third-order valence-electron chi connectivity index (χ3n) is 4.26. The van der Waals surface area contributed by atoms with Gasteiger partial charge in [-0.15, -0.1) is 0 Å². The Hall–Kier alpha value is -1.98. The Kier molecular flexibility index (Phi) is 5.54. The summed E-state index contributed by atoms with van der Waals surface area (Å²) in [5, 5.41) is 3.81. The first-order chi connectivity index (χ1) is 12.6. The molecule has 2 aromatic rings. The smallest absolute Gasteiger partial charge is 0.340 e. The van der Waals surface area contributed by atoms with Gasteiger partial charge in [0.05, 0.1) is 17.9 Å². The molecule has 1 aromatic heterocycles. The number of piperazine rings is 1. The van der Waals surface area contributed by atoms with Gasteiger partial charge in [-0.25, -0.2) is 8.42 Å². The summed E-state index contributed by atoms with van der Waals surface area (Å²) < 4.78 is 69.7. The highest BCUT2D eigenvalue weighted by Gasteiger charge is 2.32. The van der Waals surface area contributed by atoms with E-state index in [-0.39, 0.29) is 18.7 Å². The van der Waals surface area contributed by atoms with Crippen LogP contribution in [0.1, 0.15) is 22.8 Å². The van der Waals surface area contributed by atoms with Crippen LogP contribution >= 0.6 is 0 Å². The van der Waals surface area contributed by atoms with Crippen molar-refractivity contribution in [3.63, 3.8) is 0 Å². The molecule has 1 aromatic carbocycles. The topological polar surface area (TPSA) is 79.5 Å². The molecule has 0 amide bonds. The largest absolute Gasteiger partial charge is 0.416 e. The summed E-state index contributed by atoms with van der Waals surface area (Å²) in [6.45, 7) is 3.63. The third-order valence-corrected chi connectivity index (χ3v) is 6.11. The maximum absolute atomic E-state index is 12.8. The summed E-state index contributed by atoms with van der Waals surface area (Å²) in [6.07, 6.45) is -4.50. The number of aromatic nitrogens is 2. The zero-order chi connectivity index (χ0) is 19.7. The Bertz CT molecular complexity index is 890. The number of hydrogen-bond acceptors (Lipinski definition) is 6. The number of hydrogen-bond donors (Lipinski definition) is 0. The highest BCUT2D eigenvalue weighted by atomic mass is 32.2. The molecule has 0 aliphatic carbocycles. The minimum absolute atomic E-state index is 0.120. The van der Waals surface area contributed by atoms with Crippen LogP contribution in [0.5, 0.6) is 0 Å². The van der Waals surface area contributed by atoms with Crippen molar-refractivity contribution >= 4 is 10.0 Å². The van der Waals surface area contributed by atoms with Gasteiger partial charge in [0.2, 0.25) is 15.9 Å². The van der Waals surface area contributed by atoms with Crippen LogP contribution < -0.4 is 0 Å². The normalized spacial score (nSPS) is 17.3. The zero-order valence-corrected chi connectivity index (χ0v) is 15.4. The van der Waals surface area contributed by atoms with E-state index in [2.05, 4.69) is 10.1 Å². The predicted octanol–water partition coefficient (Wildman–Crippen LogP) is 2.04. The van der Waals surface area contributed by atoms with E-state index in [4.69, 9.17) is 4.52 Å². The van der Waals surface area contributed by atoms with Crippen LogP contribution in [-0.4, -0.2) is 53.9 Å². The van der Waals surface area contributed by atoms with Crippen molar-refractivity contribution in [3.05, 3.63) is 47.1 Å². The molecule has 0 radical (unpaired) electrons. The van der Waals surface area contributed by atoms with Crippen molar-refractivity contribution in [1.29, 1.82) is 0 Å². The van der Waals surface area contributed by atoms with E-state index in [1.165, 1.54) is 16.4 Å². The molecule has 1 aliphatic heterocycles. The Morgan fingerprint density at radius 2 is 1.89 bits per heavy atom. The van der Waals surface area contributed by atoms with Crippen LogP contribution in [0.15, 0.2) is 28.8 Å². The van der Waals surface area contributed by atoms with Gasteiger partial charge in [-0.2, -0.15) is 22.5 Å². The second-order valence-electron chi connectivity index (χ2n) is 6.36. The van der Waals surface area contributed by atoms with Gasteiger partial charge in [-0.1, -0.05) is 23.4 Å². The maximum Gasteiger partial charge on any atom is 0.416 e. The lowest BCUT2D eigenvalue weighted by Crippen LogP contribution is -2.48. The van der Waals surface area contributed by atoms with Crippen LogP contribution in [-0.2, 0) is 28.5 Å². The fraction of sp³-hybridized carbons (Fsp3) is 0.500. The van der Waals surface area contributed by atoms with E-state index in [0.29, 0.717) is 31.3 Å². The number of sulfonamides is 1. The first kappa shape index (κ1) is 19.8. The monoisotopic (exact) mass is 404 g/mol. The zero-order valence-electron chi connectivity index (χ0n) is 14.6. The molecular formula is C16H19F3N4O3S. The molecule has 1 fully saturated rings. The summed E-state index contributed by atoms with van der Waals surface area (Å²) in [5.41, 5.74) is -0.732. The number of alkyl halides is 3. The standard InChI is InChI=1S/C16H19F3N4O3S/c1-12-20-15(21-26-12)10-22-5-7-23(8-6-22)27(24,25)11-13-3-2-4-14(9-13)16(17,18)19/h2-4,9H,5-8,10-11H2,1H3. The first-order valence-corrected chi connectivity index (χ1v) is 9.90. The minimum atomic E-state index is -4.50. The van der Waals surface area contributed by atoms with Crippen molar-refractivity contribution in [2.45, 2.75) is 25.4 Å². The Labute approximate surface area is 154 Å². The molecule has 0 bridgehead atoms. The van der Waals surface area contributed by atoms with Crippen molar-refractivity contribution in [2.24, 2.45) is 0 Å². The molecule has 1 aliphatic rings. The van der Waals surface area contributed by atoms with Crippen LogP contribution in [0.2, 0.25) is 0 Å². The molecule has 148 valence electrons. The number of rotatable bonds is 5. The average molecular weight is 404 g/mol. The highest BCUT2D eigenvalue weighted by Crippen LogP contribution is 2.30. The minimum Gasteiger partial charge on any atom is -0.340 e. The van der Waals surface area contributed by atoms with E-state index >= 15 is 0 Å². The van der Waals surface area contributed by atoms with Gasteiger partial charge in [0.15, 0.2) is 5.82 Å². The van der Waals surface area contributed by atoms with Crippen LogP contribution in [0.3, 0.4) is 0 Å². The molecule has 7 nitrogen and oxygen atoms in total. The Morgan fingerprint density at radius 1 is 1.19 bits per heavy atom. The van der Waals surface area contributed by atoms with Gasteiger partial charge in [-0.05, 0) is 11.6 Å². The summed E-state index contributed by atoms with van der Waals surface area (Å²) in [6, 6.07) is 4.42. The molecule has 0 spiro atoms. The summed E-state index contributed by atoms with van der Waals surface area (Å²) in [5.74, 6) is 0.543. The van der Waals surface area contributed by atoms with Crippen molar-refractivity contribution in [3.8, 4) is 0 Å². The number of nitrogens with zero attached hydrogens (tertiary/aromatic N) is 4. The van der Waals surface area contributed by atoms with E-state index < -0.39 is 27.5 Å². The second kappa shape index (κ2) is 7.56. The average Bonchev–Trinajstić information content (AvgIpc) is 2.99. The SMILES string of the molecule is Cc1nc(CN2CCN(S(=O)(=O)Cc3cccc(C(F)(F)F)c3)CC2)no1. The lowest BCUT2D eigenvalue weighted by molar-refractivity contribution is -0.137. The van der Waals surface area contributed by atoms with Gasteiger partial charge < -0.3 is 4.52 Å². The highest BCUT2D eigenvalue weighted by molar-refractivity contribution is 7.88. The van der Waals surface area contributed by atoms with Crippen molar-refractivity contribution < 1.29 is 26.1 Å². The molecule has 0 N–H and O–H groups in total. The fourth-order valence-electron chi connectivity index (χ4n) is 2.91. The van der Waals surface area contributed by atoms with Crippen LogP contribution in [0, 0.1) is 6.92 Å². The molecular weight excluding hydrogens is 385 g/mol. The fourth-order valence-corrected chi connectivity index (χ4v) is 4.41. The van der Waals surface area contributed by atoms with Gasteiger partial charge >= 0.3 is 6.18 Å². The molecule has 0 saturated carbocycles. The van der Waals surface area contributed by atoms with Crippen molar-refractivity contribution in [2.75, 3.05) is 26.2 Å². The molecule has 27 heavy (non-hydrogen) atoms. The number of aryl methyl sites for hydroxylation is 1. The molecule has 0 atom stereocenters. The molecule has 2 heterocycles. The molecule has 0 unspecified atom stereocenters. The summed E-state index contributed by atoms with van der Waals surface area (Å²) >= 11 is 0. The Morgan fingerprint density at radius 3 is 2.48 bits per heavy atom. The van der Waals surface area contributed by atoms with E-state index in [1.807, 2.05) is 4.90 Å². The van der Waals surface area contributed by atoms with Crippen molar-refractivity contribution in [1.82, 2.24) is 19.3 Å². The summed E-state index contributed by atoms with van der Waals surface area (Å²) in [4.78, 5) is 6.11. The molecule has 3 rings (SSSR count). The molecule has 11 heteroatoms. The second-order valence-corrected chi connectivity index (χ2v) is 8.33. The van der Waals surface area contributed by atoms with E-state index in [9.17, 15) is 21.6 Å². The lowest BCUT2D eigenvalue weighted by atomic mass is 10.1. The number of benzene rings is 1. The van der Waals surface area contributed by atoms with Gasteiger partial charge in [0.25, 0.3) is 0 Å². The maximum atomic E-state index is 12.8.